The summed E-state index contributed by atoms with van der Waals surface area (Å²) in [4.78, 5) is 11.2. The Hall–Kier alpha value is -7.40. The van der Waals surface area contributed by atoms with Crippen molar-refractivity contribution in [3.8, 4) is 11.3 Å². The molecule has 0 aliphatic rings. The number of hydrogen-bond acceptors (Lipinski definition) is 1. The first-order valence-corrected chi connectivity index (χ1v) is 18.0. The van der Waals surface area contributed by atoms with E-state index in [9.17, 15) is 57.5 Å². The molecule has 1 N–H and O–H groups in total. The third kappa shape index (κ3) is 7.96. The van der Waals surface area contributed by atoms with Crippen molar-refractivity contribution in [1.29, 1.82) is 0 Å². The zero-order valence-corrected chi connectivity index (χ0v) is 32.2. The summed E-state index contributed by atoms with van der Waals surface area (Å²) in [6, 6.07) is 23.2. The predicted molar refractivity (Wildman–Crippen MR) is 194 cm³/mol. The van der Waals surface area contributed by atoms with Crippen molar-refractivity contribution in [2.24, 2.45) is 0 Å². The van der Waals surface area contributed by atoms with E-state index in [1.165, 1.54) is 5.56 Å². The highest BCUT2D eigenvalue weighted by atomic mass is 19.2. The summed E-state index contributed by atoms with van der Waals surface area (Å²) in [5.41, 5.74) is -10.9. The highest BCUT2D eigenvalue weighted by molar-refractivity contribution is 7.20. The zero-order chi connectivity index (χ0) is 49.7. The fourth-order valence-corrected chi connectivity index (χ4v) is 7.34. The average molecular weight is 969 g/mol. The van der Waals surface area contributed by atoms with Crippen molar-refractivity contribution in [2.75, 3.05) is 0 Å². The van der Waals surface area contributed by atoms with E-state index >= 15 is 35.1 Å². The number of pyridine rings is 1. The van der Waals surface area contributed by atoms with Gasteiger partial charge in [-0.3, -0.25) is 0 Å². The average Bonchev–Trinajstić information content (AvgIpc) is 3.32. The van der Waals surface area contributed by atoms with E-state index in [1.807, 2.05) is 48.7 Å². The smallest absolute Gasteiger partial charge is 0.335 e. The maximum atomic E-state index is 15.4. The van der Waals surface area contributed by atoms with Gasteiger partial charge in [0.25, 0.3) is 0 Å². The first-order valence-electron chi connectivity index (χ1n) is 18.0. The van der Waals surface area contributed by atoms with Gasteiger partial charge >= 0.3 is 5.97 Å². The summed E-state index contributed by atoms with van der Waals surface area (Å²) < 4.78 is 296. The fourth-order valence-electron chi connectivity index (χ4n) is 7.34. The molecule has 348 valence electrons. The van der Waals surface area contributed by atoms with Gasteiger partial charge in [-0.25, -0.2) is 92.6 Å². The Balaban J connectivity index is 0.000000279. The number of aromatic carboxylic acids is 1. The summed E-state index contributed by atoms with van der Waals surface area (Å²) in [5, 5.41) is 9.15. The normalized spacial score (nSPS) is 11.5. The third-order valence-corrected chi connectivity index (χ3v) is 10.2. The second-order valence-electron chi connectivity index (χ2n) is 13.9. The van der Waals surface area contributed by atoms with Crippen LogP contribution in [-0.2, 0) is 6.54 Å². The molecule has 0 spiro atoms. The summed E-state index contributed by atoms with van der Waals surface area (Å²) in [7, 11) is 0. The molecular weight excluding hydrogens is 953 g/mol. The zero-order valence-electron chi connectivity index (χ0n) is 32.2. The van der Waals surface area contributed by atoms with E-state index in [2.05, 4.69) is 16.7 Å². The SMILES string of the molecule is Fc1c(F)c(F)c([B-](c2c(F)c(F)c(F)c(F)c2F)(c2c(F)c(F)c(F)c(F)c2F)c2c(F)c(F)c(F)c(F)c2F)c(F)c1F.O=C(O)c1cccc(-c2cccc[n+]2Cc2ccccc2)c1. The third-order valence-electron chi connectivity index (χ3n) is 10.2. The molecule has 0 bridgehead atoms. The van der Waals surface area contributed by atoms with Crippen LogP contribution in [0.1, 0.15) is 15.9 Å². The largest absolute Gasteiger partial charge is 0.478 e. The molecule has 6 aromatic carbocycles. The predicted octanol–water partition coefficient (Wildman–Crippen LogP) is 9.23. The van der Waals surface area contributed by atoms with Gasteiger partial charge in [0.15, 0.2) is 82.5 Å². The van der Waals surface area contributed by atoms with Crippen LogP contribution in [-0.4, -0.2) is 17.2 Å². The van der Waals surface area contributed by atoms with Gasteiger partial charge in [0.1, 0.15) is 52.7 Å². The van der Waals surface area contributed by atoms with E-state index < -0.39 is 150 Å². The molecule has 7 rings (SSSR count). The van der Waals surface area contributed by atoms with Gasteiger partial charge in [-0.15, -0.1) is 21.9 Å². The molecule has 0 aliphatic carbocycles. The highest BCUT2D eigenvalue weighted by Crippen LogP contribution is 2.31. The Kier molecular flexibility index (Phi) is 13.5. The summed E-state index contributed by atoms with van der Waals surface area (Å²) >= 11 is 0. The van der Waals surface area contributed by atoms with E-state index in [0.29, 0.717) is 5.56 Å². The number of nitrogens with zero attached hydrogens (tertiary/aromatic N) is 1. The number of benzene rings is 6. The standard InChI is InChI=1S/C24BF20.C19H15NO2/c26-5-1(6(27)14(35)21(42)13(5)34)25(2-7(28)15(36)22(43)16(37)8(2)29,3-9(30)17(38)23(44)18(39)10(3)31)4-11(32)19(40)24(45)20(41)12(4)33;21-19(22)17-10-6-9-16(13-17)18-11-4-5-12-20(18)14-15-7-2-1-3-8-15/h;1-13H,14H2/q-1;/p+1. The van der Waals surface area contributed by atoms with Crippen LogP contribution in [0, 0.1) is 116 Å². The molecule has 3 nitrogen and oxygen atoms in total. The van der Waals surface area contributed by atoms with E-state index in [0.717, 1.165) is 17.8 Å². The number of carboxylic acids is 1. The lowest BCUT2D eigenvalue weighted by Crippen LogP contribution is -2.81. The Bertz CT molecular complexity index is 2770. The van der Waals surface area contributed by atoms with Crippen molar-refractivity contribution in [3.05, 3.63) is 206 Å². The van der Waals surface area contributed by atoms with Gasteiger partial charge in [0, 0.05) is 23.3 Å². The molecule has 0 fully saturated rings. The van der Waals surface area contributed by atoms with Gasteiger partial charge < -0.3 is 5.11 Å². The van der Waals surface area contributed by atoms with Crippen LogP contribution in [0.2, 0.25) is 0 Å². The molecule has 0 amide bonds. The molecule has 0 unspecified atom stereocenters. The van der Waals surface area contributed by atoms with Crippen LogP contribution in [0.3, 0.4) is 0 Å². The number of carboxylic acid groups (broad SMARTS) is 1. The first-order chi connectivity index (χ1) is 31.4. The molecule has 0 saturated carbocycles. The topological polar surface area (TPSA) is 41.2 Å². The fraction of sp³-hybridized carbons (Fsp3) is 0.0233. The van der Waals surface area contributed by atoms with Crippen LogP contribution >= 0.6 is 0 Å². The van der Waals surface area contributed by atoms with Crippen LogP contribution in [0.4, 0.5) is 87.8 Å². The molecule has 0 saturated heterocycles. The minimum absolute atomic E-state index is 0.299. The molecule has 1 heterocycles. The monoisotopic (exact) mass is 969 g/mol. The maximum Gasteiger partial charge on any atom is 0.335 e. The second-order valence-corrected chi connectivity index (χ2v) is 13.9. The van der Waals surface area contributed by atoms with E-state index in [-0.39, 0.29) is 0 Å². The lowest BCUT2D eigenvalue weighted by molar-refractivity contribution is -0.677. The second kappa shape index (κ2) is 18.5. The Morgan fingerprint density at radius 3 is 1.03 bits per heavy atom. The van der Waals surface area contributed by atoms with Gasteiger partial charge in [-0.2, -0.15) is 4.57 Å². The minimum Gasteiger partial charge on any atom is -0.478 e. The van der Waals surface area contributed by atoms with Gasteiger partial charge in [0.05, 0.1) is 5.56 Å². The molecule has 24 heteroatoms. The van der Waals surface area contributed by atoms with Crippen LogP contribution in [0.15, 0.2) is 79.0 Å². The molecule has 0 aliphatic heterocycles. The molecule has 67 heavy (non-hydrogen) atoms. The summed E-state index contributed by atoms with van der Waals surface area (Å²) in [6.07, 6.45) is -5.21. The summed E-state index contributed by atoms with van der Waals surface area (Å²) in [6.45, 7) is 0.744. The van der Waals surface area contributed by atoms with Crippen molar-refractivity contribution in [3.63, 3.8) is 0 Å². The van der Waals surface area contributed by atoms with Crippen molar-refractivity contribution in [2.45, 2.75) is 6.54 Å². The van der Waals surface area contributed by atoms with Crippen molar-refractivity contribution >= 4 is 34.0 Å². The van der Waals surface area contributed by atoms with Crippen LogP contribution < -0.4 is 26.4 Å². The van der Waals surface area contributed by atoms with Gasteiger partial charge in [-0.1, -0.05) is 36.4 Å². The highest BCUT2D eigenvalue weighted by Gasteiger charge is 2.52. The molecule has 0 atom stereocenters. The number of aromatic nitrogens is 1. The quantitative estimate of drug-likeness (QED) is 0.0543. The molecule has 1 aromatic heterocycles. The van der Waals surface area contributed by atoms with Crippen molar-refractivity contribution < 1.29 is 102 Å². The molecule has 0 radical (unpaired) electrons. The molecule has 7 aromatic rings. The van der Waals surface area contributed by atoms with E-state index in [1.54, 1.807) is 18.2 Å². The summed E-state index contributed by atoms with van der Waals surface area (Å²) in [5.74, 6) is -72.3. The minimum atomic E-state index is -7.22. The van der Waals surface area contributed by atoms with E-state index in [4.69, 9.17) is 5.11 Å². The molecular formula is C43H16BF20NO2. The number of halogens is 20. The number of rotatable bonds is 8. The van der Waals surface area contributed by atoms with Gasteiger partial charge in [-0.05, 0) is 24.3 Å². The van der Waals surface area contributed by atoms with Gasteiger partial charge in [0.2, 0.25) is 5.69 Å². The number of hydrogen-bond donors (Lipinski definition) is 1. The Morgan fingerprint density at radius 2 is 0.701 bits per heavy atom. The van der Waals surface area contributed by atoms with Crippen LogP contribution in [0.5, 0.6) is 0 Å². The van der Waals surface area contributed by atoms with Crippen molar-refractivity contribution in [1.82, 2.24) is 0 Å². The first kappa shape index (κ1) is 49.0. The Morgan fingerprint density at radius 1 is 0.388 bits per heavy atom. The van der Waals surface area contributed by atoms with Crippen LogP contribution in [0.25, 0.3) is 11.3 Å². The maximum absolute atomic E-state index is 15.4. The number of carbonyl (C=O) groups is 1. The Labute approximate surface area is 360 Å². The lowest BCUT2D eigenvalue weighted by atomic mass is 9.12. The lowest BCUT2D eigenvalue weighted by Gasteiger charge is -2.44.